The van der Waals surface area contributed by atoms with Crippen LogP contribution < -0.4 is 0 Å². The Balaban J connectivity index is 1.41. The lowest BCUT2D eigenvalue weighted by atomic mass is 9.72. The van der Waals surface area contributed by atoms with Gasteiger partial charge in [0.2, 0.25) is 0 Å². The number of carbonyl (C=O) groups is 1. The first-order valence-electron chi connectivity index (χ1n) is 13.8. The van der Waals surface area contributed by atoms with E-state index in [1.807, 2.05) is 0 Å². The van der Waals surface area contributed by atoms with Crippen molar-refractivity contribution in [2.75, 3.05) is 6.79 Å². The quantitative estimate of drug-likeness (QED) is 0.155. The van der Waals surface area contributed by atoms with Gasteiger partial charge in [-0.2, -0.15) is 39.5 Å². The molecule has 0 amide bonds. The number of ether oxygens (including phenoxy) is 3. The summed E-state index contributed by atoms with van der Waals surface area (Å²) < 4.78 is 140. The molecule has 0 heterocycles. The molecular weight excluding hydrogens is 559 g/mol. The van der Waals surface area contributed by atoms with Crippen LogP contribution in [0.15, 0.2) is 0 Å². The van der Waals surface area contributed by atoms with Gasteiger partial charge in [-0.15, -0.1) is 0 Å². The fourth-order valence-corrected chi connectivity index (χ4v) is 8.36. The van der Waals surface area contributed by atoms with E-state index in [-0.39, 0.29) is 37.0 Å². The second-order valence-corrected chi connectivity index (χ2v) is 12.9. The fourth-order valence-electron chi connectivity index (χ4n) is 8.36. The third-order valence-electron chi connectivity index (χ3n) is 10.6. The van der Waals surface area contributed by atoms with E-state index >= 15 is 0 Å². The molecule has 0 aromatic heterocycles. The fraction of sp³-hybridized carbons (Fsp3) is 0.963. The number of rotatable bonds is 9. The minimum Gasteiger partial charge on any atom is -0.440 e. The molecule has 4 bridgehead atoms. The third kappa shape index (κ3) is 5.58. The SMILES string of the molecule is CC(=O)OC(CC1CC2CC(OCOC(C)(CC3CC4CC3C(C)C4C)C(F)(F)F)C1C2)(C(F)(F)F)C(F)(F)F. The molecule has 4 rings (SSSR count). The number of fused-ring (bicyclic) bond motifs is 4. The van der Waals surface area contributed by atoms with Gasteiger partial charge in [0.15, 0.2) is 5.60 Å². The van der Waals surface area contributed by atoms with Gasteiger partial charge in [-0.05, 0) is 92.8 Å². The molecule has 10 unspecified atom stereocenters. The van der Waals surface area contributed by atoms with Crippen LogP contribution in [0.3, 0.4) is 0 Å². The van der Waals surface area contributed by atoms with Crippen molar-refractivity contribution in [1.29, 1.82) is 0 Å². The lowest BCUT2D eigenvalue weighted by Gasteiger charge is -2.41. The predicted molar refractivity (Wildman–Crippen MR) is 123 cm³/mol. The molecule has 40 heavy (non-hydrogen) atoms. The van der Waals surface area contributed by atoms with Gasteiger partial charge in [0.25, 0.3) is 0 Å². The topological polar surface area (TPSA) is 44.8 Å². The van der Waals surface area contributed by atoms with Gasteiger partial charge in [-0.1, -0.05) is 13.8 Å². The Bertz CT molecular complexity index is 916. The van der Waals surface area contributed by atoms with Crippen LogP contribution in [-0.2, 0) is 19.0 Å². The zero-order chi connectivity index (χ0) is 30.1. The molecular formula is C27H37F9O4. The Morgan fingerprint density at radius 1 is 0.750 bits per heavy atom. The molecule has 4 saturated carbocycles. The average Bonchev–Trinajstić information content (AvgIpc) is 3.53. The van der Waals surface area contributed by atoms with E-state index in [1.54, 1.807) is 0 Å². The Labute approximate surface area is 227 Å². The van der Waals surface area contributed by atoms with Crippen LogP contribution >= 0.6 is 0 Å². The largest absolute Gasteiger partial charge is 0.440 e. The maximum atomic E-state index is 14.2. The number of carbonyl (C=O) groups excluding carboxylic acids is 1. The van der Waals surface area contributed by atoms with E-state index in [2.05, 4.69) is 18.6 Å². The Hall–Kier alpha value is -1.24. The van der Waals surface area contributed by atoms with Crippen molar-refractivity contribution in [3.63, 3.8) is 0 Å². The Morgan fingerprint density at radius 2 is 1.35 bits per heavy atom. The first-order chi connectivity index (χ1) is 18.2. The van der Waals surface area contributed by atoms with Crippen molar-refractivity contribution in [2.24, 2.45) is 47.3 Å². The molecule has 0 N–H and O–H groups in total. The van der Waals surface area contributed by atoms with Crippen LogP contribution in [-0.4, -0.2) is 48.6 Å². The average molecular weight is 597 g/mol. The lowest BCUT2D eigenvalue weighted by Crippen LogP contribution is -2.60. The van der Waals surface area contributed by atoms with Gasteiger partial charge in [0.1, 0.15) is 6.79 Å². The predicted octanol–water partition coefficient (Wildman–Crippen LogP) is 7.85. The summed E-state index contributed by atoms with van der Waals surface area (Å²) in [7, 11) is 0. The highest BCUT2D eigenvalue weighted by Crippen LogP contribution is 2.59. The second kappa shape index (κ2) is 10.5. The summed E-state index contributed by atoms with van der Waals surface area (Å²) in [6, 6.07) is 0. The normalized spacial score (nSPS) is 37.7. The van der Waals surface area contributed by atoms with E-state index in [1.165, 1.54) is 0 Å². The van der Waals surface area contributed by atoms with Crippen molar-refractivity contribution >= 4 is 5.97 Å². The molecule has 232 valence electrons. The molecule has 0 aromatic rings. The third-order valence-corrected chi connectivity index (χ3v) is 10.6. The highest BCUT2D eigenvalue weighted by Gasteiger charge is 2.75. The molecule has 0 spiro atoms. The van der Waals surface area contributed by atoms with Crippen molar-refractivity contribution in [2.45, 2.75) is 108 Å². The Kier molecular flexibility index (Phi) is 8.31. The molecule has 10 atom stereocenters. The Morgan fingerprint density at radius 3 is 1.82 bits per heavy atom. The minimum atomic E-state index is -5.91. The van der Waals surface area contributed by atoms with E-state index in [0.29, 0.717) is 37.5 Å². The summed E-state index contributed by atoms with van der Waals surface area (Å²) >= 11 is 0. The highest BCUT2D eigenvalue weighted by atomic mass is 19.4. The summed E-state index contributed by atoms with van der Waals surface area (Å²) in [5, 5.41) is 0. The molecule has 0 saturated heterocycles. The van der Waals surface area contributed by atoms with Crippen molar-refractivity contribution in [3.05, 3.63) is 0 Å². The van der Waals surface area contributed by atoms with Crippen molar-refractivity contribution < 1.29 is 58.5 Å². The van der Waals surface area contributed by atoms with Gasteiger partial charge >= 0.3 is 30.1 Å². The van der Waals surface area contributed by atoms with Gasteiger partial charge < -0.3 is 14.2 Å². The zero-order valence-electron chi connectivity index (χ0n) is 22.9. The maximum absolute atomic E-state index is 14.2. The number of esters is 1. The summed E-state index contributed by atoms with van der Waals surface area (Å²) in [5.74, 6) is -2.70. The van der Waals surface area contributed by atoms with Gasteiger partial charge in [-0.25, -0.2) is 0 Å². The van der Waals surface area contributed by atoms with E-state index in [9.17, 15) is 44.3 Å². The number of alkyl halides is 9. The molecule has 4 nitrogen and oxygen atoms in total. The van der Waals surface area contributed by atoms with E-state index in [4.69, 9.17) is 9.47 Å². The standard InChI is InChI=1S/C27H37F9O4/c1-13-14(2)20-9-17(13)8-19(20)10-23(4,25(28,29)30)39-12-38-22-7-16-5-18(21(22)6-16)11-24(26(31,32)33,27(34,35)36)40-15(3)37/h13-14,16-22H,5-12H2,1-4H3. The van der Waals surface area contributed by atoms with E-state index < -0.39 is 66.9 Å². The van der Waals surface area contributed by atoms with Gasteiger partial charge in [0, 0.05) is 13.3 Å². The number of halogens is 9. The monoisotopic (exact) mass is 596 g/mol. The van der Waals surface area contributed by atoms with Crippen LogP contribution in [0.2, 0.25) is 0 Å². The van der Waals surface area contributed by atoms with Crippen LogP contribution in [0, 0.1) is 47.3 Å². The molecule has 4 aliphatic rings. The number of hydrogen-bond acceptors (Lipinski definition) is 4. The smallest absolute Gasteiger partial charge is 0.437 e. The summed E-state index contributed by atoms with van der Waals surface area (Å²) in [6.07, 6.45) is -16.9. The highest BCUT2D eigenvalue weighted by molar-refractivity contribution is 5.66. The lowest BCUT2D eigenvalue weighted by molar-refractivity contribution is -0.375. The van der Waals surface area contributed by atoms with Crippen LogP contribution in [0.25, 0.3) is 0 Å². The van der Waals surface area contributed by atoms with Crippen LogP contribution in [0.4, 0.5) is 39.5 Å². The number of hydrogen-bond donors (Lipinski definition) is 0. The first-order valence-corrected chi connectivity index (χ1v) is 13.8. The zero-order valence-corrected chi connectivity index (χ0v) is 22.9. The van der Waals surface area contributed by atoms with Crippen molar-refractivity contribution in [1.82, 2.24) is 0 Å². The molecule has 0 radical (unpaired) electrons. The molecule has 0 aromatic carbocycles. The molecule has 4 fully saturated rings. The first kappa shape index (κ1) is 31.7. The van der Waals surface area contributed by atoms with Crippen LogP contribution in [0.5, 0.6) is 0 Å². The minimum absolute atomic E-state index is 0.0433. The van der Waals surface area contributed by atoms with E-state index in [0.717, 1.165) is 13.3 Å². The van der Waals surface area contributed by atoms with Crippen LogP contribution in [0.1, 0.15) is 72.6 Å². The molecule has 4 aliphatic carbocycles. The van der Waals surface area contributed by atoms with Crippen molar-refractivity contribution in [3.8, 4) is 0 Å². The molecule has 13 heteroatoms. The second-order valence-electron chi connectivity index (χ2n) is 12.9. The summed E-state index contributed by atoms with van der Waals surface area (Å²) in [4.78, 5) is 11.3. The maximum Gasteiger partial charge on any atom is 0.437 e. The summed E-state index contributed by atoms with van der Waals surface area (Å²) in [5.41, 5.74) is -7.18. The summed E-state index contributed by atoms with van der Waals surface area (Å²) in [6.45, 7) is 4.86. The molecule has 0 aliphatic heterocycles. The van der Waals surface area contributed by atoms with Gasteiger partial charge in [-0.3, -0.25) is 4.79 Å². The van der Waals surface area contributed by atoms with Gasteiger partial charge in [0.05, 0.1) is 6.10 Å².